The van der Waals surface area contributed by atoms with Gasteiger partial charge >= 0.3 is 0 Å². The van der Waals surface area contributed by atoms with Crippen LogP contribution in [-0.4, -0.2) is 22.0 Å². The van der Waals surface area contributed by atoms with Crippen LogP contribution in [0.3, 0.4) is 0 Å². The fourth-order valence-corrected chi connectivity index (χ4v) is 3.92. The molecule has 26 heavy (non-hydrogen) atoms. The van der Waals surface area contributed by atoms with E-state index in [1.165, 1.54) is 16.7 Å². The molecule has 1 aliphatic heterocycles. The Labute approximate surface area is 163 Å². The topological polar surface area (TPSA) is 37.4 Å². The van der Waals surface area contributed by atoms with Crippen LogP contribution in [0, 0.1) is 6.92 Å². The van der Waals surface area contributed by atoms with E-state index < -0.39 is 0 Å². The number of rotatable bonds is 5. The fraction of sp³-hybridized carbons (Fsp3) is 0.238. The summed E-state index contributed by atoms with van der Waals surface area (Å²) < 4.78 is 0. The summed E-state index contributed by atoms with van der Waals surface area (Å²) in [7, 11) is 0. The number of amides is 2. The molecular formula is C21H20ClNO2S. The number of carbonyl (C=O) groups is 2. The zero-order valence-corrected chi connectivity index (χ0v) is 16.5. The number of aryl methyl sites for hydroxylation is 1. The van der Waals surface area contributed by atoms with E-state index in [0.29, 0.717) is 15.5 Å². The van der Waals surface area contributed by atoms with Crippen LogP contribution in [-0.2, 0) is 16.1 Å². The first-order valence-electron chi connectivity index (χ1n) is 8.45. The summed E-state index contributed by atoms with van der Waals surface area (Å²) in [5.74, 6) is -0.472. The Bertz CT molecular complexity index is 870. The van der Waals surface area contributed by atoms with E-state index in [-0.39, 0.29) is 23.6 Å². The van der Waals surface area contributed by atoms with Crippen molar-refractivity contribution in [1.82, 2.24) is 4.90 Å². The van der Waals surface area contributed by atoms with Gasteiger partial charge in [-0.2, -0.15) is 0 Å². The van der Waals surface area contributed by atoms with Crippen molar-refractivity contribution in [2.45, 2.75) is 32.6 Å². The standard InChI is InChI=1S/C21H20ClNO2S/c1-13(2)26-19-18(16-8-10-17(22)11-9-16)20(24)23(21(19)25)12-15-6-4-14(3)5-7-15/h4-11,13H,12H2,1-3H3. The molecule has 0 saturated heterocycles. The molecule has 0 bridgehead atoms. The summed E-state index contributed by atoms with van der Waals surface area (Å²) in [5, 5.41) is 0.795. The number of nitrogens with zero attached hydrogens (tertiary/aromatic N) is 1. The highest BCUT2D eigenvalue weighted by Gasteiger charge is 2.39. The average Bonchev–Trinajstić information content (AvgIpc) is 2.82. The molecule has 0 saturated carbocycles. The Morgan fingerprint density at radius 3 is 2.15 bits per heavy atom. The predicted octanol–water partition coefficient (Wildman–Crippen LogP) is 5.07. The van der Waals surface area contributed by atoms with Crippen LogP contribution in [0.2, 0.25) is 5.02 Å². The number of carbonyl (C=O) groups excluding carboxylic acids is 2. The molecule has 3 rings (SSSR count). The Balaban J connectivity index is 1.97. The van der Waals surface area contributed by atoms with E-state index in [1.807, 2.05) is 45.0 Å². The van der Waals surface area contributed by atoms with Gasteiger partial charge in [-0.1, -0.05) is 67.4 Å². The molecule has 1 heterocycles. The van der Waals surface area contributed by atoms with Crippen molar-refractivity contribution in [2.75, 3.05) is 0 Å². The van der Waals surface area contributed by atoms with E-state index in [2.05, 4.69) is 0 Å². The maximum Gasteiger partial charge on any atom is 0.268 e. The van der Waals surface area contributed by atoms with Crippen molar-refractivity contribution in [3.05, 3.63) is 75.1 Å². The zero-order valence-electron chi connectivity index (χ0n) is 15.0. The summed E-state index contributed by atoms with van der Waals surface area (Å²) in [4.78, 5) is 27.9. The highest BCUT2D eigenvalue weighted by atomic mass is 35.5. The zero-order chi connectivity index (χ0) is 18.8. The van der Waals surface area contributed by atoms with E-state index in [4.69, 9.17) is 11.6 Å². The molecule has 0 spiro atoms. The van der Waals surface area contributed by atoms with Gasteiger partial charge in [-0.05, 0) is 30.2 Å². The van der Waals surface area contributed by atoms with Crippen LogP contribution in [0.1, 0.15) is 30.5 Å². The Morgan fingerprint density at radius 2 is 1.58 bits per heavy atom. The molecule has 2 aromatic carbocycles. The maximum atomic E-state index is 13.1. The lowest BCUT2D eigenvalue weighted by molar-refractivity contribution is -0.137. The third-order valence-electron chi connectivity index (χ3n) is 4.07. The van der Waals surface area contributed by atoms with E-state index >= 15 is 0 Å². The molecule has 2 amide bonds. The summed E-state index contributed by atoms with van der Waals surface area (Å²) in [6, 6.07) is 14.9. The number of hydrogen-bond donors (Lipinski definition) is 0. The maximum absolute atomic E-state index is 13.1. The van der Waals surface area contributed by atoms with Crippen molar-refractivity contribution in [3.8, 4) is 0 Å². The second-order valence-electron chi connectivity index (χ2n) is 6.56. The monoisotopic (exact) mass is 385 g/mol. The molecule has 0 radical (unpaired) electrons. The Kier molecular flexibility index (Phi) is 5.54. The first-order chi connectivity index (χ1) is 12.4. The number of imide groups is 1. The van der Waals surface area contributed by atoms with Crippen LogP contribution in [0.5, 0.6) is 0 Å². The highest BCUT2D eigenvalue weighted by Crippen LogP contribution is 2.38. The van der Waals surface area contributed by atoms with Crippen LogP contribution in [0.25, 0.3) is 5.57 Å². The number of halogens is 1. The van der Waals surface area contributed by atoms with Crippen LogP contribution in [0.15, 0.2) is 53.4 Å². The molecule has 0 atom stereocenters. The Morgan fingerprint density at radius 1 is 0.962 bits per heavy atom. The SMILES string of the molecule is Cc1ccc(CN2C(=O)C(SC(C)C)=C(c3ccc(Cl)cc3)C2=O)cc1. The van der Waals surface area contributed by atoms with Crippen molar-refractivity contribution >= 4 is 40.8 Å². The van der Waals surface area contributed by atoms with Crippen LogP contribution >= 0.6 is 23.4 Å². The van der Waals surface area contributed by atoms with Gasteiger partial charge in [0, 0.05) is 10.3 Å². The molecule has 5 heteroatoms. The molecule has 134 valence electrons. The molecule has 0 N–H and O–H groups in total. The van der Waals surface area contributed by atoms with Crippen LogP contribution in [0.4, 0.5) is 0 Å². The van der Waals surface area contributed by atoms with Gasteiger partial charge < -0.3 is 0 Å². The lowest BCUT2D eigenvalue weighted by atomic mass is 10.1. The van der Waals surface area contributed by atoms with Gasteiger partial charge in [0.2, 0.25) is 0 Å². The second kappa shape index (κ2) is 7.68. The molecule has 0 fully saturated rings. The van der Waals surface area contributed by atoms with E-state index in [1.54, 1.807) is 24.3 Å². The second-order valence-corrected chi connectivity index (χ2v) is 8.58. The predicted molar refractivity (Wildman–Crippen MR) is 108 cm³/mol. The minimum Gasteiger partial charge on any atom is -0.269 e. The lowest BCUT2D eigenvalue weighted by Gasteiger charge is -2.15. The largest absolute Gasteiger partial charge is 0.269 e. The summed E-state index contributed by atoms with van der Waals surface area (Å²) in [6.45, 7) is 6.31. The quantitative estimate of drug-likeness (QED) is 0.674. The fourth-order valence-electron chi connectivity index (χ4n) is 2.79. The van der Waals surface area contributed by atoms with Gasteiger partial charge in [0.05, 0.1) is 17.0 Å². The van der Waals surface area contributed by atoms with Gasteiger partial charge in [-0.3, -0.25) is 14.5 Å². The third-order valence-corrected chi connectivity index (χ3v) is 5.41. The van der Waals surface area contributed by atoms with E-state index in [9.17, 15) is 9.59 Å². The number of benzene rings is 2. The van der Waals surface area contributed by atoms with Crippen molar-refractivity contribution < 1.29 is 9.59 Å². The molecular weight excluding hydrogens is 366 g/mol. The van der Waals surface area contributed by atoms with Gasteiger partial charge in [-0.25, -0.2) is 0 Å². The van der Waals surface area contributed by atoms with Gasteiger partial charge in [0.25, 0.3) is 11.8 Å². The van der Waals surface area contributed by atoms with Crippen molar-refractivity contribution in [2.24, 2.45) is 0 Å². The average molecular weight is 386 g/mol. The van der Waals surface area contributed by atoms with Crippen LogP contribution < -0.4 is 0 Å². The van der Waals surface area contributed by atoms with Gasteiger partial charge in [-0.15, -0.1) is 11.8 Å². The van der Waals surface area contributed by atoms with E-state index in [0.717, 1.165) is 16.7 Å². The highest BCUT2D eigenvalue weighted by molar-refractivity contribution is 8.04. The van der Waals surface area contributed by atoms with Gasteiger partial charge in [0.15, 0.2) is 0 Å². The minimum atomic E-state index is -0.249. The normalized spacial score (nSPS) is 14.7. The van der Waals surface area contributed by atoms with Gasteiger partial charge in [0.1, 0.15) is 0 Å². The van der Waals surface area contributed by atoms with Crippen molar-refractivity contribution in [3.63, 3.8) is 0 Å². The summed E-state index contributed by atoms with van der Waals surface area (Å²) in [6.07, 6.45) is 0. The molecule has 0 unspecified atom stereocenters. The Hall–Kier alpha value is -2.04. The molecule has 3 nitrogen and oxygen atoms in total. The molecule has 2 aromatic rings. The number of thioether (sulfide) groups is 1. The lowest BCUT2D eigenvalue weighted by Crippen LogP contribution is -2.31. The molecule has 0 aliphatic carbocycles. The van der Waals surface area contributed by atoms with Crippen molar-refractivity contribution in [1.29, 1.82) is 0 Å². The summed E-state index contributed by atoms with van der Waals surface area (Å²) >= 11 is 7.40. The first kappa shape index (κ1) is 18.7. The summed E-state index contributed by atoms with van der Waals surface area (Å²) in [5.41, 5.74) is 3.27. The first-order valence-corrected chi connectivity index (χ1v) is 9.71. The molecule has 0 aromatic heterocycles. The number of hydrogen-bond acceptors (Lipinski definition) is 3. The smallest absolute Gasteiger partial charge is 0.268 e. The minimum absolute atomic E-state index is 0.198. The molecule has 1 aliphatic rings. The third kappa shape index (κ3) is 3.87.